The molecule has 3 aromatic rings. The van der Waals surface area contributed by atoms with Crippen LogP contribution in [-0.2, 0) is 29.1 Å². The summed E-state index contributed by atoms with van der Waals surface area (Å²) in [5.74, 6) is -0.501. The summed E-state index contributed by atoms with van der Waals surface area (Å²) in [4.78, 5) is 34.8. The molecule has 0 radical (unpaired) electrons. The molecule has 5 nitrogen and oxygen atoms in total. The predicted octanol–water partition coefficient (Wildman–Crippen LogP) is 3.73. The highest BCUT2D eigenvalue weighted by molar-refractivity contribution is 6.35. The van der Waals surface area contributed by atoms with E-state index >= 15 is 0 Å². The fourth-order valence-corrected chi connectivity index (χ4v) is 4.32. The van der Waals surface area contributed by atoms with Crippen LogP contribution in [0.2, 0.25) is 0 Å². The Hall–Kier alpha value is -3.73. The summed E-state index contributed by atoms with van der Waals surface area (Å²) in [6, 6.07) is 21.6. The van der Waals surface area contributed by atoms with Crippen molar-refractivity contribution < 1.29 is 9.59 Å². The first kappa shape index (κ1) is 19.2. The van der Waals surface area contributed by atoms with E-state index in [0.717, 1.165) is 17.5 Å². The van der Waals surface area contributed by atoms with Gasteiger partial charge in [0.15, 0.2) is 0 Å². The van der Waals surface area contributed by atoms with Crippen molar-refractivity contribution in [3.63, 3.8) is 0 Å². The summed E-state index contributed by atoms with van der Waals surface area (Å²) in [6.07, 6.45) is 2.53. The van der Waals surface area contributed by atoms with Crippen LogP contribution in [-0.4, -0.2) is 33.1 Å². The molecule has 1 aromatic heterocycles. The zero-order valence-electron chi connectivity index (χ0n) is 17.4. The maximum Gasteiger partial charge on any atom is 0.278 e. The van der Waals surface area contributed by atoms with Crippen LogP contribution in [0.3, 0.4) is 0 Å². The van der Waals surface area contributed by atoms with Crippen molar-refractivity contribution in [1.82, 2.24) is 14.8 Å². The number of imide groups is 1. The highest BCUT2D eigenvalue weighted by atomic mass is 16.2. The third-order valence-corrected chi connectivity index (χ3v) is 5.98. The minimum atomic E-state index is -0.256. The second kappa shape index (κ2) is 7.84. The molecule has 0 spiro atoms. The molecule has 0 atom stereocenters. The Balaban J connectivity index is 1.56. The van der Waals surface area contributed by atoms with Crippen molar-refractivity contribution in [3.8, 4) is 0 Å². The van der Waals surface area contributed by atoms with Crippen LogP contribution in [0.5, 0.6) is 0 Å². The van der Waals surface area contributed by atoms with Crippen LogP contribution in [0.4, 0.5) is 0 Å². The number of hydrogen-bond donors (Lipinski definition) is 0. The van der Waals surface area contributed by atoms with Gasteiger partial charge in [-0.3, -0.25) is 19.5 Å². The van der Waals surface area contributed by atoms with Gasteiger partial charge in [0.05, 0.1) is 17.8 Å². The number of aromatic nitrogens is 1. The van der Waals surface area contributed by atoms with E-state index < -0.39 is 0 Å². The first-order chi connectivity index (χ1) is 15.1. The van der Waals surface area contributed by atoms with E-state index in [0.29, 0.717) is 30.1 Å². The second-order valence-corrected chi connectivity index (χ2v) is 8.05. The molecular formula is C26H23N3O2. The Morgan fingerprint density at radius 1 is 0.871 bits per heavy atom. The predicted molar refractivity (Wildman–Crippen MR) is 118 cm³/mol. The van der Waals surface area contributed by atoms with Gasteiger partial charge in [-0.05, 0) is 42.2 Å². The van der Waals surface area contributed by atoms with E-state index in [4.69, 9.17) is 0 Å². The molecule has 31 heavy (non-hydrogen) atoms. The van der Waals surface area contributed by atoms with Crippen molar-refractivity contribution in [2.45, 2.75) is 26.4 Å². The summed E-state index contributed by atoms with van der Waals surface area (Å²) in [6.45, 7) is 3.51. The fraction of sp³-hybridized carbons (Fsp3) is 0.192. The minimum Gasteiger partial charge on any atom is -0.362 e. The monoisotopic (exact) mass is 409 g/mol. The van der Waals surface area contributed by atoms with Crippen LogP contribution >= 0.6 is 0 Å². The van der Waals surface area contributed by atoms with Gasteiger partial charge in [-0.2, -0.15) is 0 Å². The highest BCUT2D eigenvalue weighted by Crippen LogP contribution is 2.35. The lowest BCUT2D eigenvalue weighted by molar-refractivity contribution is -0.138. The number of benzene rings is 2. The van der Waals surface area contributed by atoms with E-state index in [1.54, 1.807) is 6.20 Å². The van der Waals surface area contributed by atoms with Crippen LogP contribution in [0.25, 0.3) is 5.57 Å². The number of fused-ring (bicyclic) bond motifs is 1. The number of rotatable bonds is 4. The zero-order valence-corrected chi connectivity index (χ0v) is 17.4. The standard InChI is InChI=1S/C26H23N3O2/c1-18-9-11-20(12-10-18)23-24(28-15-13-19-6-2-3-7-21(19)16-28)26(31)29(25(23)30)17-22-8-4-5-14-27-22/h2-12,14H,13,15-17H2,1H3. The number of aryl methyl sites for hydroxylation is 1. The van der Waals surface area contributed by atoms with Crippen molar-refractivity contribution in [2.75, 3.05) is 6.54 Å². The van der Waals surface area contributed by atoms with Gasteiger partial charge in [0.25, 0.3) is 11.8 Å². The molecule has 154 valence electrons. The van der Waals surface area contributed by atoms with Gasteiger partial charge in [-0.25, -0.2) is 0 Å². The summed E-state index contributed by atoms with van der Waals surface area (Å²) in [7, 11) is 0. The van der Waals surface area contributed by atoms with Crippen LogP contribution in [0, 0.1) is 6.92 Å². The lowest BCUT2D eigenvalue weighted by Gasteiger charge is -2.31. The van der Waals surface area contributed by atoms with Crippen molar-refractivity contribution >= 4 is 17.4 Å². The van der Waals surface area contributed by atoms with E-state index in [2.05, 4.69) is 22.0 Å². The van der Waals surface area contributed by atoms with E-state index in [1.165, 1.54) is 16.0 Å². The molecule has 5 heteroatoms. The second-order valence-electron chi connectivity index (χ2n) is 8.05. The van der Waals surface area contributed by atoms with E-state index in [-0.39, 0.29) is 18.4 Å². The fourth-order valence-electron chi connectivity index (χ4n) is 4.32. The molecule has 0 unspecified atom stereocenters. The Morgan fingerprint density at radius 3 is 2.35 bits per heavy atom. The minimum absolute atomic E-state index is 0.168. The smallest absolute Gasteiger partial charge is 0.278 e. The molecule has 2 aliphatic rings. The summed E-state index contributed by atoms with van der Waals surface area (Å²) >= 11 is 0. The third kappa shape index (κ3) is 3.52. The van der Waals surface area contributed by atoms with Crippen LogP contribution in [0.1, 0.15) is 27.9 Å². The molecule has 0 aliphatic carbocycles. The number of amides is 2. The molecule has 0 saturated heterocycles. The third-order valence-electron chi connectivity index (χ3n) is 5.98. The number of pyridine rings is 1. The van der Waals surface area contributed by atoms with Gasteiger partial charge >= 0.3 is 0 Å². The highest BCUT2D eigenvalue weighted by Gasteiger charge is 2.42. The van der Waals surface area contributed by atoms with E-state index in [9.17, 15) is 9.59 Å². The summed E-state index contributed by atoms with van der Waals surface area (Å²) < 4.78 is 0. The average Bonchev–Trinajstić information content (AvgIpc) is 3.05. The number of carbonyl (C=O) groups is 2. The van der Waals surface area contributed by atoms with Gasteiger partial charge in [0.2, 0.25) is 0 Å². The Labute approximate surface area is 181 Å². The molecule has 5 rings (SSSR count). The normalized spacial score (nSPS) is 16.2. The van der Waals surface area contributed by atoms with Gasteiger partial charge in [-0.1, -0.05) is 60.2 Å². The SMILES string of the molecule is Cc1ccc(C2=C(N3CCc4ccccc4C3)C(=O)N(Cc3ccccn3)C2=O)cc1. The average molecular weight is 409 g/mol. The molecule has 0 fully saturated rings. The van der Waals surface area contributed by atoms with Crippen molar-refractivity contribution in [1.29, 1.82) is 0 Å². The summed E-state index contributed by atoms with van der Waals surface area (Å²) in [5, 5.41) is 0. The first-order valence-electron chi connectivity index (χ1n) is 10.5. The van der Waals surface area contributed by atoms with Gasteiger partial charge in [-0.15, -0.1) is 0 Å². The molecule has 2 aliphatic heterocycles. The number of hydrogen-bond acceptors (Lipinski definition) is 4. The van der Waals surface area contributed by atoms with Gasteiger partial charge < -0.3 is 4.90 Å². The molecule has 2 aromatic carbocycles. The van der Waals surface area contributed by atoms with Crippen molar-refractivity contribution in [3.05, 3.63) is 107 Å². The molecule has 0 N–H and O–H groups in total. The van der Waals surface area contributed by atoms with Crippen molar-refractivity contribution in [2.24, 2.45) is 0 Å². The summed E-state index contributed by atoms with van der Waals surface area (Å²) in [5.41, 5.74) is 6.07. The Bertz CT molecular complexity index is 1180. The van der Waals surface area contributed by atoms with Gasteiger partial charge in [0, 0.05) is 19.3 Å². The Kier molecular flexibility index (Phi) is 4.86. The van der Waals surface area contributed by atoms with Gasteiger partial charge in [0.1, 0.15) is 5.70 Å². The molecular weight excluding hydrogens is 386 g/mol. The quantitative estimate of drug-likeness (QED) is 0.616. The molecule has 0 bridgehead atoms. The van der Waals surface area contributed by atoms with Crippen LogP contribution in [0.15, 0.2) is 78.6 Å². The topological polar surface area (TPSA) is 53.5 Å². The number of nitrogens with zero attached hydrogens (tertiary/aromatic N) is 3. The lowest BCUT2D eigenvalue weighted by Crippen LogP contribution is -2.37. The molecule has 2 amide bonds. The Morgan fingerprint density at radius 2 is 1.61 bits per heavy atom. The zero-order chi connectivity index (χ0) is 21.4. The first-order valence-corrected chi connectivity index (χ1v) is 10.5. The van der Waals surface area contributed by atoms with E-state index in [1.807, 2.05) is 61.5 Å². The maximum atomic E-state index is 13.6. The molecule has 3 heterocycles. The largest absolute Gasteiger partial charge is 0.362 e. The lowest BCUT2D eigenvalue weighted by atomic mass is 9.97. The molecule has 0 saturated carbocycles. The maximum absolute atomic E-state index is 13.6. The number of carbonyl (C=O) groups excluding carboxylic acids is 2. The van der Waals surface area contributed by atoms with Crippen LogP contribution < -0.4 is 0 Å².